The summed E-state index contributed by atoms with van der Waals surface area (Å²) in [4.78, 5) is 11.5. The minimum Gasteiger partial charge on any atom is -0.491 e. The van der Waals surface area contributed by atoms with Crippen LogP contribution in [0.1, 0.15) is 19.8 Å². The maximum Gasteiger partial charge on any atom is 0.309 e. The van der Waals surface area contributed by atoms with E-state index in [1.807, 2.05) is 31.2 Å². The molecular weight excluding hydrogens is 372 g/mol. The molecule has 1 aliphatic carbocycles. The van der Waals surface area contributed by atoms with Gasteiger partial charge in [-0.2, -0.15) is 0 Å². The van der Waals surface area contributed by atoms with Crippen molar-refractivity contribution >= 4 is 32.7 Å². The van der Waals surface area contributed by atoms with Gasteiger partial charge < -0.3 is 14.2 Å². The molecule has 0 spiro atoms. The quantitative estimate of drug-likeness (QED) is 0.519. The molecular formula is C19H21BrO4. The van der Waals surface area contributed by atoms with E-state index in [2.05, 4.69) is 28.1 Å². The first-order valence-corrected chi connectivity index (χ1v) is 9.05. The smallest absolute Gasteiger partial charge is 0.309 e. The average molecular weight is 393 g/mol. The zero-order chi connectivity index (χ0) is 16.9. The normalized spacial score (nSPS) is 19.8. The Morgan fingerprint density at radius 1 is 1.12 bits per heavy atom. The first kappa shape index (κ1) is 17.2. The van der Waals surface area contributed by atoms with Gasteiger partial charge in [0, 0.05) is 4.47 Å². The largest absolute Gasteiger partial charge is 0.491 e. The molecule has 1 aliphatic rings. The Kier molecular flexibility index (Phi) is 5.74. The Bertz CT molecular complexity index is 710. The molecule has 0 heterocycles. The van der Waals surface area contributed by atoms with E-state index in [1.165, 1.54) is 5.39 Å². The molecule has 128 valence electrons. The van der Waals surface area contributed by atoms with Crippen molar-refractivity contribution in [3.8, 4) is 5.75 Å². The summed E-state index contributed by atoms with van der Waals surface area (Å²) >= 11 is 3.47. The second-order valence-electron chi connectivity index (χ2n) is 5.91. The molecule has 1 saturated carbocycles. The fourth-order valence-corrected chi connectivity index (χ4v) is 3.19. The molecule has 0 saturated heterocycles. The van der Waals surface area contributed by atoms with Gasteiger partial charge in [0.05, 0.1) is 25.2 Å². The van der Waals surface area contributed by atoms with E-state index in [-0.39, 0.29) is 18.0 Å². The van der Waals surface area contributed by atoms with Crippen molar-refractivity contribution in [2.45, 2.75) is 25.9 Å². The molecule has 0 bridgehead atoms. The summed E-state index contributed by atoms with van der Waals surface area (Å²) < 4.78 is 17.5. The predicted molar refractivity (Wildman–Crippen MR) is 96.2 cm³/mol. The molecule has 0 aromatic heterocycles. The first-order chi connectivity index (χ1) is 11.7. The summed E-state index contributed by atoms with van der Waals surface area (Å²) in [6, 6.07) is 12.2. The van der Waals surface area contributed by atoms with Gasteiger partial charge in [-0.05, 0) is 54.8 Å². The van der Waals surface area contributed by atoms with E-state index in [0.717, 1.165) is 28.5 Å². The molecule has 0 radical (unpaired) electrons. The maximum absolute atomic E-state index is 11.5. The third kappa shape index (κ3) is 4.28. The zero-order valence-electron chi connectivity index (χ0n) is 13.7. The van der Waals surface area contributed by atoms with Crippen LogP contribution >= 0.6 is 15.9 Å². The van der Waals surface area contributed by atoms with Crippen LogP contribution in [0, 0.1) is 5.92 Å². The molecule has 3 rings (SSSR count). The van der Waals surface area contributed by atoms with Crippen LogP contribution in [0.4, 0.5) is 0 Å². The molecule has 4 nitrogen and oxygen atoms in total. The SMILES string of the molecule is CCOC(=O)C1CC(OCCOc2ccc3cc(Br)ccc3c2)C1. The van der Waals surface area contributed by atoms with E-state index in [4.69, 9.17) is 14.2 Å². The number of carbonyl (C=O) groups excluding carboxylic acids is 1. The summed E-state index contributed by atoms with van der Waals surface area (Å²) in [5.74, 6) is 0.749. The Balaban J connectivity index is 1.38. The second-order valence-corrected chi connectivity index (χ2v) is 6.83. The second kappa shape index (κ2) is 7.99. The summed E-state index contributed by atoms with van der Waals surface area (Å²) in [5, 5.41) is 2.32. The molecule has 0 atom stereocenters. The van der Waals surface area contributed by atoms with Crippen molar-refractivity contribution in [3.63, 3.8) is 0 Å². The van der Waals surface area contributed by atoms with Crippen LogP contribution < -0.4 is 4.74 Å². The topological polar surface area (TPSA) is 44.8 Å². The number of halogens is 1. The van der Waals surface area contributed by atoms with Gasteiger partial charge in [0.25, 0.3) is 0 Å². The van der Waals surface area contributed by atoms with Crippen molar-refractivity contribution in [3.05, 3.63) is 40.9 Å². The average Bonchev–Trinajstić information content (AvgIpc) is 2.53. The van der Waals surface area contributed by atoms with Gasteiger partial charge in [0.15, 0.2) is 0 Å². The van der Waals surface area contributed by atoms with Crippen molar-refractivity contribution < 1.29 is 19.0 Å². The Morgan fingerprint density at radius 3 is 2.67 bits per heavy atom. The van der Waals surface area contributed by atoms with Crippen molar-refractivity contribution in [1.82, 2.24) is 0 Å². The molecule has 1 fully saturated rings. The number of rotatable bonds is 7. The van der Waals surface area contributed by atoms with Gasteiger partial charge in [-0.1, -0.05) is 28.1 Å². The van der Waals surface area contributed by atoms with Gasteiger partial charge in [0.2, 0.25) is 0 Å². The highest BCUT2D eigenvalue weighted by Crippen LogP contribution is 2.31. The lowest BCUT2D eigenvalue weighted by Crippen LogP contribution is -2.38. The molecule has 2 aromatic rings. The van der Waals surface area contributed by atoms with E-state index in [0.29, 0.717) is 19.8 Å². The summed E-state index contributed by atoms with van der Waals surface area (Å²) in [7, 11) is 0. The number of hydrogen-bond acceptors (Lipinski definition) is 4. The molecule has 0 aliphatic heterocycles. The number of fused-ring (bicyclic) bond motifs is 1. The number of benzene rings is 2. The highest BCUT2D eigenvalue weighted by Gasteiger charge is 2.36. The third-order valence-corrected chi connectivity index (χ3v) is 4.69. The number of carbonyl (C=O) groups is 1. The van der Waals surface area contributed by atoms with Gasteiger partial charge in [-0.25, -0.2) is 0 Å². The van der Waals surface area contributed by atoms with Crippen molar-refractivity contribution in [2.24, 2.45) is 5.92 Å². The Morgan fingerprint density at radius 2 is 1.88 bits per heavy atom. The highest BCUT2D eigenvalue weighted by molar-refractivity contribution is 9.10. The van der Waals surface area contributed by atoms with Crippen LogP contribution in [0.2, 0.25) is 0 Å². The van der Waals surface area contributed by atoms with Crippen LogP contribution in [0.3, 0.4) is 0 Å². The Hall–Kier alpha value is -1.59. The van der Waals surface area contributed by atoms with E-state index in [1.54, 1.807) is 0 Å². The lowest BCUT2D eigenvalue weighted by molar-refractivity contribution is -0.157. The summed E-state index contributed by atoms with van der Waals surface area (Å²) in [6.45, 7) is 3.30. The zero-order valence-corrected chi connectivity index (χ0v) is 15.3. The lowest BCUT2D eigenvalue weighted by Gasteiger charge is -2.33. The van der Waals surface area contributed by atoms with E-state index >= 15 is 0 Å². The number of ether oxygens (including phenoxy) is 3. The first-order valence-electron chi connectivity index (χ1n) is 8.26. The maximum atomic E-state index is 11.5. The molecule has 24 heavy (non-hydrogen) atoms. The summed E-state index contributed by atoms with van der Waals surface area (Å²) in [5.41, 5.74) is 0. The Labute approximate surface area is 150 Å². The fourth-order valence-electron chi connectivity index (χ4n) is 2.81. The predicted octanol–water partition coefficient (Wildman–Crippen LogP) is 4.34. The van der Waals surface area contributed by atoms with Crippen molar-refractivity contribution in [2.75, 3.05) is 19.8 Å². The van der Waals surface area contributed by atoms with Crippen LogP contribution in [0.25, 0.3) is 10.8 Å². The number of hydrogen-bond donors (Lipinski definition) is 0. The van der Waals surface area contributed by atoms with E-state index in [9.17, 15) is 4.79 Å². The molecule has 0 unspecified atom stereocenters. The highest BCUT2D eigenvalue weighted by atomic mass is 79.9. The minimum absolute atomic E-state index is 0.00989. The van der Waals surface area contributed by atoms with Gasteiger partial charge in [-0.3, -0.25) is 4.79 Å². The fraction of sp³-hybridized carbons (Fsp3) is 0.421. The van der Waals surface area contributed by atoms with Crippen LogP contribution in [0.5, 0.6) is 5.75 Å². The monoisotopic (exact) mass is 392 g/mol. The minimum atomic E-state index is -0.101. The standard InChI is InChI=1S/C19H21BrO4/c1-2-22-19(21)15-11-18(12-15)24-8-7-23-17-6-4-13-9-16(20)5-3-14(13)10-17/h3-6,9-10,15,18H,2,7-8,11-12H2,1H3. The number of esters is 1. The van der Waals surface area contributed by atoms with E-state index < -0.39 is 0 Å². The van der Waals surface area contributed by atoms with Gasteiger partial charge >= 0.3 is 5.97 Å². The van der Waals surface area contributed by atoms with Crippen LogP contribution in [-0.4, -0.2) is 31.9 Å². The summed E-state index contributed by atoms with van der Waals surface area (Å²) in [6.07, 6.45) is 1.66. The molecule has 2 aromatic carbocycles. The third-order valence-electron chi connectivity index (χ3n) is 4.19. The van der Waals surface area contributed by atoms with Gasteiger partial charge in [-0.15, -0.1) is 0 Å². The lowest BCUT2D eigenvalue weighted by atomic mass is 9.82. The molecule has 5 heteroatoms. The van der Waals surface area contributed by atoms with Crippen LogP contribution in [0.15, 0.2) is 40.9 Å². The molecule has 0 amide bonds. The van der Waals surface area contributed by atoms with Crippen LogP contribution in [-0.2, 0) is 14.3 Å². The van der Waals surface area contributed by atoms with Crippen molar-refractivity contribution in [1.29, 1.82) is 0 Å². The molecule has 0 N–H and O–H groups in total. The van der Waals surface area contributed by atoms with Gasteiger partial charge in [0.1, 0.15) is 12.4 Å².